The first kappa shape index (κ1) is 20.9. The second-order valence-electron chi connectivity index (χ2n) is 8.79. The van der Waals surface area contributed by atoms with E-state index in [0.717, 1.165) is 33.3 Å². The topological polar surface area (TPSA) is 126 Å². The van der Waals surface area contributed by atoms with Gasteiger partial charge in [-0.1, -0.05) is 13.8 Å². The number of aromatic carboxylic acids is 1. The maximum atomic E-state index is 14.6. The van der Waals surface area contributed by atoms with Gasteiger partial charge in [0.25, 0.3) is 0 Å². The van der Waals surface area contributed by atoms with Crippen LogP contribution in [-0.4, -0.2) is 41.2 Å². The number of hydrogen-bond acceptors (Lipinski definition) is 3. The molecule has 6 aromatic rings. The Morgan fingerprint density at radius 2 is 1.86 bits per heavy atom. The van der Waals surface area contributed by atoms with Crippen molar-refractivity contribution in [3.63, 3.8) is 0 Å². The van der Waals surface area contributed by atoms with Gasteiger partial charge < -0.3 is 20.1 Å². The Morgan fingerprint density at radius 3 is 2.60 bits per heavy atom. The van der Waals surface area contributed by atoms with Crippen LogP contribution in [0.2, 0.25) is 0 Å². The lowest BCUT2D eigenvalue weighted by atomic mass is 9.89. The number of carbonyl (C=O) groups is 1. The van der Waals surface area contributed by atoms with Gasteiger partial charge >= 0.3 is 5.97 Å². The Hall–Kier alpha value is -4.66. The van der Waals surface area contributed by atoms with Crippen molar-refractivity contribution >= 4 is 27.9 Å². The fourth-order valence-electron chi connectivity index (χ4n) is 4.88. The third-order valence-electron chi connectivity index (χ3n) is 6.32. The minimum Gasteiger partial charge on any atom is -0.477 e. The van der Waals surface area contributed by atoms with Gasteiger partial charge in [-0.25, -0.2) is 14.2 Å². The molecule has 0 atom stereocenters. The van der Waals surface area contributed by atoms with Crippen molar-refractivity contribution in [2.24, 2.45) is 0 Å². The van der Waals surface area contributed by atoms with E-state index in [1.165, 1.54) is 12.1 Å². The van der Waals surface area contributed by atoms with Gasteiger partial charge in [0.2, 0.25) is 0 Å². The van der Waals surface area contributed by atoms with Gasteiger partial charge in [0.15, 0.2) is 0 Å². The third kappa shape index (κ3) is 3.23. The highest BCUT2D eigenvalue weighted by molar-refractivity contribution is 6.07. The van der Waals surface area contributed by atoms with E-state index in [1.54, 1.807) is 18.6 Å². The van der Waals surface area contributed by atoms with Gasteiger partial charge in [0.05, 0.1) is 17.1 Å². The van der Waals surface area contributed by atoms with Gasteiger partial charge in [-0.15, -0.1) is 0 Å². The molecule has 5 heterocycles. The number of nitrogens with one attached hydrogen (secondary N) is 4. The van der Waals surface area contributed by atoms with Gasteiger partial charge in [0.1, 0.15) is 17.2 Å². The van der Waals surface area contributed by atoms with E-state index in [2.05, 4.69) is 30.1 Å². The Bertz CT molecular complexity index is 1720. The molecule has 9 heteroatoms. The van der Waals surface area contributed by atoms with Crippen LogP contribution in [0.4, 0.5) is 4.39 Å². The van der Waals surface area contributed by atoms with Crippen LogP contribution in [0.5, 0.6) is 0 Å². The number of benzene rings is 1. The molecule has 0 radical (unpaired) electrons. The number of pyridine rings is 1. The number of aromatic nitrogens is 6. The first-order valence-electron chi connectivity index (χ1n) is 11.2. The molecule has 0 amide bonds. The Morgan fingerprint density at radius 1 is 1.00 bits per heavy atom. The summed E-state index contributed by atoms with van der Waals surface area (Å²) >= 11 is 0. The molecule has 0 aliphatic heterocycles. The smallest absolute Gasteiger partial charge is 0.352 e. The number of rotatable bonds is 5. The second kappa shape index (κ2) is 7.69. The zero-order chi connectivity index (χ0) is 24.3. The summed E-state index contributed by atoms with van der Waals surface area (Å²) in [6.45, 7) is 4.00. The monoisotopic (exact) mass is 468 g/mol. The lowest BCUT2D eigenvalue weighted by Crippen LogP contribution is -2.00. The van der Waals surface area contributed by atoms with Crippen LogP contribution in [0.25, 0.3) is 55.7 Å². The molecule has 6 rings (SSSR count). The number of halogens is 1. The molecule has 5 aromatic heterocycles. The number of fused-ring (bicyclic) bond motifs is 2. The zero-order valence-corrected chi connectivity index (χ0v) is 18.9. The number of carboxylic acids is 1. The summed E-state index contributed by atoms with van der Waals surface area (Å²) in [6.07, 6.45) is 5.06. The molecule has 174 valence electrons. The fourth-order valence-corrected chi connectivity index (χ4v) is 4.88. The summed E-state index contributed by atoms with van der Waals surface area (Å²) in [5.74, 6) is -1.56. The number of carboxylic acid groups (broad SMARTS) is 1. The second-order valence-corrected chi connectivity index (χ2v) is 8.79. The van der Waals surface area contributed by atoms with E-state index in [1.807, 2.05) is 38.1 Å². The molecule has 0 aliphatic rings. The van der Waals surface area contributed by atoms with Crippen molar-refractivity contribution in [3.05, 3.63) is 72.1 Å². The molecular formula is C26H21FN6O2. The maximum absolute atomic E-state index is 14.6. The highest BCUT2D eigenvalue weighted by Gasteiger charge is 2.28. The molecule has 0 saturated heterocycles. The first-order valence-corrected chi connectivity index (χ1v) is 11.2. The molecule has 0 spiro atoms. The van der Waals surface area contributed by atoms with E-state index in [9.17, 15) is 14.3 Å². The summed E-state index contributed by atoms with van der Waals surface area (Å²) in [6, 6.07) is 10.3. The average Bonchev–Trinajstić information content (AvgIpc) is 3.62. The van der Waals surface area contributed by atoms with Crippen molar-refractivity contribution < 1.29 is 14.3 Å². The quantitative estimate of drug-likeness (QED) is 0.211. The number of H-pyrrole nitrogens is 4. The molecule has 5 N–H and O–H groups in total. The maximum Gasteiger partial charge on any atom is 0.352 e. The minimum absolute atomic E-state index is 0.0495. The molecular weight excluding hydrogens is 447 g/mol. The SMILES string of the molecule is CC(C)c1c(-c2cc(F)cc3[nH]ccc23)[nH]c(C(=O)O)c1-c1ccnc2[nH]c(-c3ccn[nH]3)cc12. The van der Waals surface area contributed by atoms with Crippen molar-refractivity contribution in [1.82, 2.24) is 30.1 Å². The van der Waals surface area contributed by atoms with Crippen molar-refractivity contribution in [3.8, 4) is 33.8 Å². The highest BCUT2D eigenvalue weighted by atomic mass is 19.1. The number of hydrogen-bond donors (Lipinski definition) is 5. The molecule has 0 saturated carbocycles. The largest absolute Gasteiger partial charge is 0.477 e. The van der Waals surface area contributed by atoms with E-state index < -0.39 is 11.8 Å². The number of nitrogens with zero attached hydrogens (tertiary/aromatic N) is 2. The first-order chi connectivity index (χ1) is 16.9. The standard InChI is InChI=1S/C26H21FN6O2/c1-12(2)21-22(15-4-7-29-25-17(15)11-20(31-25)18-5-8-30-33-18)24(26(34)35)32-23(21)16-9-13(27)10-19-14(16)3-6-28-19/h3-12,28,32H,1-2H3,(H,29,31)(H,30,33)(H,34,35). The van der Waals surface area contributed by atoms with Crippen molar-refractivity contribution in [2.75, 3.05) is 0 Å². The van der Waals surface area contributed by atoms with E-state index in [4.69, 9.17) is 0 Å². The Balaban J connectivity index is 1.68. The molecule has 35 heavy (non-hydrogen) atoms. The van der Waals surface area contributed by atoms with Crippen molar-refractivity contribution in [2.45, 2.75) is 19.8 Å². The number of aromatic amines is 4. The summed E-state index contributed by atoms with van der Waals surface area (Å²) in [4.78, 5) is 26.4. The fraction of sp³-hybridized carbons (Fsp3) is 0.115. The molecule has 0 unspecified atom stereocenters. The lowest BCUT2D eigenvalue weighted by Gasteiger charge is -2.13. The molecule has 1 aromatic carbocycles. The molecule has 8 nitrogen and oxygen atoms in total. The Labute approximate surface area is 198 Å². The predicted octanol–water partition coefficient (Wildman–Crippen LogP) is 6.06. The van der Waals surface area contributed by atoms with E-state index in [0.29, 0.717) is 28.0 Å². The van der Waals surface area contributed by atoms with E-state index in [-0.39, 0.29) is 11.6 Å². The van der Waals surface area contributed by atoms with Crippen LogP contribution in [-0.2, 0) is 0 Å². The average molecular weight is 468 g/mol. The van der Waals surface area contributed by atoms with Crippen molar-refractivity contribution in [1.29, 1.82) is 0 Å². The van der Waals surface area contributed by atoms with Crippen LogP contribution in [0.15, 0.2) is 55.0 Å². The van der Waals surface area contributed by atoms with Gasteiger partial charge in [-0.3, -0.25) is 5.10 Å². The van der Waals surface area contributed by atoms with Gasteiger partial charge in [-0.05, 0) is 53.4 Å². The summed E-state index contributed by atoms with van der Waals surface area (Å²) in [7, 11) is 0. The Kier molecular flexibility index (Phi) is 4.60. The lowest BCUT2D eigenvalue weighted by molar-refractivity contribution is 0.0692. The van der Waals surface area contributed by atoms with Crippen LogP contribution >= 0.6 is 0 Å². The minimum atomic E-state index is -1.09. The normalized spacial score (nSPS) is 11.8. The zero-order valence-electron chi connectivity index (χ0n) is 18.9. The molecule has 0 fully saturated rings. The molecule has 0 bridgehead atoms. The van der Waals surface area contributed by atoms with Crippen LogP contribution in [0.1, 0.15) is 35.8 Å². The van der Waals surface area contributed by atoms with E-state index >= 15 is 0 Å². The summed E-state index contributed by atoms with van der Waals surface area (Å²) < 4.78 is 14.6. The van der Waals surface area contributed by atoms with Crippen LogP contribution in [0, 0.1) is 5.82 Å². The predicted molar refractivity (Wildman–Crippen MR) is 132 cm³/mol. The third-order valence-corrected chi connectivity index (χ3v) is 6.32. The van der Waals surface area contributed by atoms with Crippen LogP contribution in [0.3, 0.4) is 0 Å². The molecule has 0 aliphatic carbocycles. The van der Waals surface area contributed by atoms with Crippen LogP contribution < -0.4 is 0 Å². The highest BCUT2D eigenvalue weighted by Crippen LogP contribution is 2.44. The summed E-state index contributed by atoms with van der Waals surface area (Å²) in [5, 5.41) is 18.7. The summed E-state index contributed by atoms with van der Waals surface area (Å²) in [5.41, 5.74) is 6.18. The van der Waals surface area contributed by atoms with Gasteiger partial charge in [0, 0.05) is 46.0 Å². The van der Waals surface area contributed by atoms with Gasteiger partial charge in [-0.2, -0.15) is 5.10 Å².